The highest BCUT2D eigenvalue weighted by molar-refractivity contribution is 4.82. The van der Waals surface area contributed by atoms with E-state index < -0.39 is 0 Å². The lowest BCUT2D eigenvalue weighted by atomic mass is 10.3. The molecule has 0 aromatic carbocycles. The highest BCUT2D eigenvalue weighted by Crippen LogP contribution is 2.03. The summed E-state index contributed by atoms with van der Waals surface area (Å²) in [6, 6.07) is 0. The molecule has 1 aliphatic heterocycles. The van der Waals surface area contributed by atoms with Gasteiger partial charge in [0.1, 0.15) is 0 Å². The maximum absolute atomic E-state index is 10.0. The van der Waals surface area contributed by atoms with Crippen molar-refractivity contribution in [3.63, 3.8) is 0 Å². The van der Waals surface area contributed by atoms with Crippen LogP contribution in [0.15, 0.2) is 17.6 Å². The highest BCUT2D eigenvalue weighted by Gasteiger charge is 2.20. The summed E-state index contributed by atoms with van der Waals surface area (Å²) in [5.41, 5.74) is 5.22. The van der Waals surface area contributed by atoms with Gasteiger partial charge >= 0.3 is 0 Å². The Morgan fingerprint density at radius 2 is 2.07 bits per heavy atom. The molecule has 0 radical (unpaired) electrons. The lowest BCUT2D eigenvalue weighted by molar-refractivity contribution is -0.256. The van der Waals surface area contributed by atoms with Crippen LogP contribution in [-0.2, 0) is 0 Å². The molecule has 1 saturated heterocycles. The fraction of sp³-hybridized carbons (Fsp3) is 0.714. The normalized spacial score (nSPS) is 20.1. The quantitative estimate of drug-likeness (QED) is 0.465. The van der Waals surface area contributed by atoms with Gasteiger partial charge in [0.05, 0.1) is 5.29 Å². The number of nitroso groups, excluding NO2 is 1. The van der Waals surface area contributed by atoms with Gasteiger partial charge in [0, 0.05) is 32.7 Å². The van der Waals surface area contributed by atoms with E-state index >= 15 is 0 Å². The van der Waals surface area contributed by atoms with Crippen LogP contribution in [0.5, 0.6) is 0 Å². The van der Waals surface area contributed by atoms with Crippen molar-refractivity contribution < 1.29 is 5.21 Å². The van der Waals surface area contributed by atoms with Crippen LogP contribution in [0.3, 0.4) is 0 Å². The fourth-order valence-corrected chi connectivity index (χ4v) is 1.36. The second-order valence-electron chi connectivity index (χ2n) is 3.03. The molecule has 0 spiro atoms. The lowest BCUT2D eigenvalue weighted by Crippen LogP contribution is -2.50. The molecule has 0 amide bonds. The molecule has 0 saturated carbocycles. The first-order valence-corrected chi connectivity index (χ1v) is 4.44. The Morgan fingerprint density at radius 1 is 1.43 bits per heavy atom. The van der Waals surface area contributed by atoms with Crippen molar-refractivity contribution in [3.8, 4) is 0 Å². The first-order valence-electron chi connectivity index (χ1n) is 4.44. The Labute approximate surface area is 82.2 Å². The molecular weight excluding hydrogens is 186 g/mol. The summed E-state index contributed by atoms with van der Waals surface area (Å²) in [6.07, 6.45) is 3.38. The number of nitrogens with zero attached hydrogens (tertiary/aromatic N) is 4. The van der Waals surface area contributed by atoms with E-state index in [0.29, 0.717) is 18.4 Å². The summed E-state index contributed by atoms with van der Waals surface area (Å²) in [4.78, 5) is 12.2. The van der Waals surface area contributed by atoms with Gasteiger partial charge in [0.2, 0.25) is 0 Å². The third-order valence-corrected chi connectivity index (χ3v) is 2.17. The zero-order valence-electron chi connectivity index (χ0n) is 7.91. The van der Waals surface area contributed by atoms with E-state index in [1.54, 1.807) is 0 Å². The zero-order chi connectivity index (χ0) is 10.4. The molecule has 80 valence electrons. The lowest BCUT2D eigenvalue weighted by Gasteiger charge is -2.34. The predicted molar refractivity (Wildman–Crippen MR) is 50.8 cm³/mol. The molecule has 0 atom stereocenters. The molecule has 1 fully saturated rings. The molecule has 0 aromatic heterocycles. The van der Waals surface area contributed by atoms with E-state index in [-0.39, 0.29) is 0 Å². The summed E-state index contributed by atoms with van der Waals surface area (Å²) >= 11 is 0. The van der Waals surface area contributed by atoms with Gasteiger partial charge in [-0.1, -0.05) is 11.4 Å². The van der Waals surface area contributed by atoms with Gasteiger partial charge < -0.3 is 5.73 Å². The van der Waals surface area contributed by atoms with E-state index in [1.807, 2.05) is 6.08 Å². The van der Waals surface area contributed by atoms with Crippen molar-refractivity contribution in [3.05, 3.63) is 17.2 Å². The molecule has 1 rings (SSSR count). The van der Waals surface area contributed by atoms with Crippen molar-refractivity contribution in [2.45, 2.75) is 0 Å². The standard InChI is InChI=1S/C7H15N5O2/c8-2-1-3-10-4-6-11(7-5-10)12(14)9-13/h1-2,14H,3-8H2. The first kappa shape index (κ1) is 10.9. The highest BCUT2D eigenvalue weighted by atomic mass is 16.6. The van der Waals surface area contributed by atoms with E-state index in [0.717, 1.165) is 19.6 Å². The maximum atomic E-state index is 10.0. The topological polar surface area (TPSA) is 85.4 Å². The van der Waals surface area contributed by atoms with Crippen molar-refractivity contribution >= 4 is 0 Å². The molecule has 0 unspecified atom stereocenters. The van der Waals surface area contributed by atoms with Gasteiger partial charge in [0.25, 0.3) is 0 Å². The Hall–Kier alpha value is -1.18. The Kier molecular flexibility index (Phi) is 4.30. The van der Waals surface area contributed by atoms with Crippen LogP contribution in [0.25, 0.3) is 0 Å². The third kappa shape index (κ3) is 2.95. The first-order chi connectivity index (χ1) is 6.77. The number of nitrogens with two attached hydrogens (primary N) is 1. The van der Waals surface area contributed by atoms with Gasteiger partial charge in [-0.05, 0) is 6.20 Å². The molecular formula is C7H15N5O2. The monoisotopic (exact) mass is 201 g/mol. The van der Waals surface area contributed by atoms with E-state index in [9.17, 15) is 4.91 Å². The zero-order valence-corrected chi connectivity index (χ0v) is 7.91. The molecule has 0 bridgehead atoms. The van der Waals surface area contributed by atoms with Gasteiger partial charge in [-0.15, -0.1) is 4.91 Å². The molecule has 0 aliphatic carbocycles. The summed E-state index contributed by atoms with van der Waals surface area (Å²) in [5, 5.41) is 13.2. The molecule has 0 aromatic rings. The van der Waals surface area contributed by atoms with E-state index in [4.69, 9.17) is 10.9 Å². The number of hydrogen-bond acceptors (Lipinski definition) is 6. The smallest absolute Gasteiger partial charge is 0.0962 e. The number of hydrogen-bond donors (Lipinski definition) is 2. The number of piperazine rings is 1. The minimum absolute atomic E-state index is 0.357. The summed E-state index contributed by atoms with van der Waals surface area (Å²) in [5.74, 6) is 0. The fourth-order valence-electron chi connectivity index (χ4n) is 1.36. The average molecular weight is 201 g/mol. The summed E-state index contributed by atoms with van der Waals surface area (Å²) in [7, 11) is 0. The van der Waals surface area contributed by atoms with Gasteiger partial charge in [0.15, 0.2) is 0 Å². The Bertz CT molecular complexity index is 202. The van der Waals surface area contributed by atoms with Gasteiger partial charge in [-0.2, -0.15) is 5.01 Å². The molecule has 7 nitrogen and oxygen atoms in total. The van der Waals surface area contributed by atoms with Crippen LogP contribution in [0.1, 0.15) is 0 Å². The summed E-state index contributed by atoms with van der Waals surface area (Å²) in [6.45, 7) is 3.51. The third-order valence-electron chi connectivity index (χ3n) is 2.17. The minimum atomic E-state index is 0.357. The second kappa shape index (κ2) is 5.53. The van der Waals surface area contributed by atoms with Crippen LogP contribution >= 0.6 is 0 Å². The Balaban J connectivity index is 2.27. The molecule has 1 heterocycles. The van der Waals surface area contributed by atoms with Crippen molar-refractivity contribution in [2.75, 3.05) is 32.7 Å². The van der Waals surface area contributed by atoms with Gasteiger partial charge in [-0.25, -0.2) is 0 Å². The number of hydrazine groups is 1. The van der Waals surface area contributed by atoms with Crippen LogP contribution in [0.2, 0.25) is 0 Å². The minimum Gasteiger partial charge on any atom is -0.405 e. The second-order valence-corrected chi connectivity index (χ2v) is 3.03. The van der Waals surface area contributed by atoms with Gasteiger partial charge in [-0.3, -0.25) is 10.1 Å². The average Bonchev–Trinajstić information content (AvgIpc) is 2.26. The van der Waals surface area contributed by atoms with Crippen molar-refractivity contribution in [1.29, 1.82) is 0 Å². The largest absolute Gasteiger partial charge is 0.405 e. The molecule has 14 heavy (non-hydrogen) atoms. The molecule has 7 heteroatoms. The van der Waals surface area contributed by atoms with Crippen LogP contribution in [0, 0.1) is 4.91 Å². The van der Waals surface area contributed by atoms with Crippen LogP contribution < -0.4 is 5.73 Å². The molecule has 1 aliphatic rings. The van der Waals surface area contributed by atoms with E-state index in [1.165, 1.54) is 11.2 Å². The summed E-state index contributed by atoms with van der Waals surface area (Å²) < 4.78 is 0. The van der Waals surface area contributed by atoms with Crippen molar-refractivity contribution in [2.24, 2.45) is 11.0 Å². The number of rotatable bonds is 4. The van der Waals surface area contributed by atoms with E-state index in [2.05, 4.69) is 10.2 Å². The Morgan fingerprint density at radius 3 is 2.57 bits per heavy atom. The SMILES string of the molecule is NC=CCN1CCN(N(O)N=O)CC1. The van der Waals surface area contributed by atoms with Crippen LogP contribution in [-0.4, -0.2) is 53.1 Å². The van der Waals surface area contributed by atoms with Crippen molar-refractivity contribution in [1.82, 2.24) is 15.2 Å². The predicted octanol–water partition coefficient (Wildman–Crippen LogP) is -0.636. The molecule has 3 N–H and O–H groups in total. The maximum Gasteiger partial charge on any atom is 0.0962 e. The van der Waals surface area contributed by atoms with Crippen LogP contribution in [0.4, 0.5) is 0 Å².